The molecule has 0 amide bonds. The van der Waals surface area contributed by atoms with Crippen LogP contribution in [0.2, 0.25) is 0 Å². The molecule has 4 nitrogen and oxygen atoms in total. The zero-order chi connectivity index (χ0) is 12.4. The number of aliphatic hydroxyl groups excluding tert-OH is 2. The molecule has 0 aliphatic heterocycles. The zero-order valence-corrected chi connectivity index (χ0v) is 10.7. The topological polar surface area (TPSA) is 58.9 Å². The first kappa shape index (κ1) is 15.8. The van der Waals surface area contributed by atoms with Crippen LogP contribution in [-0.4, -0.2) is 48.8 Å². The monoisotopic (exact) mass is 234 g/mol. The Labute approximate surface area is 98.6 Å². The molecule has 0 aromatic heterocycles. The number of aliphatic hydroxyl groups is 2. The van der Waals surface area contributed by atoms with E-state index in [4.69, 9.17) is 14.9 Å². The zero-order valence-electron chi connectivity index (χ0n) is 10.7. The summed E-state index contributed by atoms with van der Waals surface area (Å²) >= 11 is 0. The Hall–Kier alpha value is -0.160. The second-order valence-corrected chi connectivity index (χ2v) is 4.34. The average molecular weight is 234 g/mol. The summed E-state index contributed by atoms with van der Waals surface area (Å²) < 4.78 is 10.3. The summed E-state index contributed by atoms with van der Waals surface area (Å²) in [5.41, 5.74) is 0. The summed E-state index contributed by atoms with van der Waals surface area (Å²) in [6, 6.07) is 0. The van der Waals surface area contributed by atoms with Crippen LogP contribution in [-0.2, 0) is 9.47 Å². The van der Waals surface area contributed by atoms with E-state index >= 15 is 0 Å². The molecule has 2 N–H and O–H groups in total. The molecule has 0 radical (unpaired) electrons. The highest BCUT2D eigenvalue weighted by Crippen LogP contribution is 2.26. The van der Waals surface area contributed by atoms with Crippen LogP contribution < -0.4 is 0 Å². The largest absolute Gasteiger partial charge is 0.394 e. The van der Waals surface area contributed by atoms with Gasteiger partial charge in [-0.3, -0.25) is 0 Å². The van der Waals surface area contributed by atoms with Crippen molar-refractivity contribution in [2.24, 2.45) is 5.92 Å². The minimum absolute atomic E-state index is 0.0278. The van der Waals surface area contributed by atoms with Gasteiger partial charge in [-0.2, -0.15) is 0 Å². The van der Waals surface area contributed by atoms with Crippen molar-refractivity contribution >= 4 is 0 Å². The Morgan fingerprint density at radius 3 is 1.88 bits per heavy atom. The second-order valence-electron chi connectivity index (χ2n) is 4.34. The van der Waals surface area contributed by atoms with Crippen LogP contribution in [0.1, 0.15) is 33.6 Å². The van der Waals surface area contributed by atoms with Gasteiger partial charge in [0.15, 0.2) is 0 Å². The third kappa shape index (κ3) is 10.4. The Balaban J connectivity index is 0.000000293. The van der Waals surface area contributed by atoms with Crippen LogP contribution >= 0.6 is 0 Å². The van der Waals surface area contributed by atoms with Crippen molar-refractivity contribution in [3.05, 3.63) is 0 Å². The summed E-state index contributed by atoms with van der Waals surface area (Å²) in [7, 11) is 0. The predicted octanol–water partition coefficient (Wildman–Crippen LogP) is 1.20. The molecule has 1 saturated carbocycles. The fourth-order valence-corrected chi connectivity index (χ4v) is 0.896. The van der Waals surface area contributed by atoms with Crippen molar-refractivity contribution in [3.8, 4) is 0 Å². The van der Waals surface area contributed by atoms with Gasteiger partial charge in [-0.15, -0.1) is 0 Å². The fraction of sp³-hybridized carbons (Fsp3) is 1.00. The second kappa shape index (κ2) is 10.0. The Morgan fingerprint density at radius 1 is 1.06 bits per heavy atom. The molecule has 0 spiro atoms. The standard InChI is InChI=1S/C8H16O.C4H10O3/c1-6(2)7(3)9-8-4-5-8;5-1-3-7-4-2-6/h6-8H,4-5H2,1-3H3;5-6H,1-4H2. The van der Waals surface area contributed by atoms with Gasteiger partial charge >= 0.3 is 0 Å². The molecule has 1 fully saturated rings. The van der Waals surface area contributed by atoms with Crippen molar-refractivity contribution in [2.45, 2.75) is 45.8 Å². The van der Waals surface area contributed by atoms with E-state index in [1.807, 2.05) is 0 Å². The molecule has 0 bridgehead atoms. The molecule has 4 heteroatoms. The third-order valence-electron chi connectivity index (χ3n) is 2.34. The highest BCUT2D eigenvalue weighted by molar-refractivity contribution is 4.75. The molecule has 1 atom stereocenters. The SMILES string of the molecule is CC(C)C(C)OC1CC1.OCCOCCO. The number of hydrogen-bond acceptors (Lipinski definition) is 4. The van der Waals surface area contributed by atoms with E-state index in [-0.39, 0.29) is 13.2 Å². The van der Waals surface area contributed by atoms with E-state index < -0.39 is 0 Å². The van der Waals surface area contributed by atoms with Gasteiger partial charge in [-0.25, -0.2) is 0 Å². The maximum absolute atomic E-state index is 8.09. The van der Waals surface area contributed by atoms with Gasteiger partial charge in [0.1, 0.15) is 0 Å². The van der Waals surface area contributed by atoms with Gasteiger partial charge in [0.2, 0.25) is 0 Å². The van der Waals surface area contributed by atoms with E-state index in [1.54, 1.807) is 0 Å². The average Bonchev–Trinajstić information content (AvgIpc) is 3.03. The summed E-state index contributed by atoms with van der Waals surface area (Å²) in [5, 5.41) is 16.2. The van der Waals surface area contributed by atoms with Crippen LogP contribution in [0.3, 0.4) is 0 Å². The van der Waals surface area contributed by atoms with Crippen LogP contribution in [0, 0.1) is 5.92 Å². The molecule has 0 saturated heterocycles. The summed E-state index contributed by atoms with van der Waals surface area (Å²) in [6.07, 6.45) is 3.65. The lowest BCUT2D eigenvalue weighted by Gasteiger charge is -2.15. The van der Waals surface area contributed by atoms with Crippen molar-refractivity contribution in [3.63, 3.8) is 0 Å². The molecule has 0 aromatic rings. The molecule has 16 heavy (non-hydrogen) atoms. The molecule has 1 rings (SSSR count). The Kier molecular flexibility index (Phi) is 9.92. The molecule has 1 aliphatic carbocycles. The normalized spacial score (nSPS) is 16.9. The highest BCUT2D eigenvalue weighted by Gasteiger charge is 2.25. The van der Waals surface area contributed by atoms with Gasteiger partial charge < -0.3 is 19.7 Å². The van der Waals surface area contributed by atoms with Crippen LogP contribution in [0.4, 0.5) is 0 Å². The van der Waals surface area contributed by atoms with Gasteiger partial charge in [-0.05, 0) is 25.7 Å². The smallest absolute Gasteiger partial charge is 0.0698 e. The van der Waals surface area contributed by atoms with Gasteiger partial charge in [0, 0.05) is 0 Å². The van der Waals surface area contributed by atoms with Crippen LogP contribution in [0.25, 0.3) is 0 Å². The summed E-state index contributed by atoms with van der Waals surface area (Å²) in [6.45, 7) is 7.25. The molecule has 1 aliphatic rings. The summed E-state index contributed by atoms with van der Waals surface area (Å²) in [4.78, 5) is 0. The molecule has 0 heterocycles. The molecule has 98 valence electrons. The minimum Gasteiger partial charge on any atom is -0.394 e. The number of ether oxygens (including phenoxy) is 2. The molecule has 1 unspecified atom stereocenters. The van der Waals surface area contributed by atoms with Crippen molar-refractivity contribution < 1.29 is 19.7 Å². The summed E-state index contributed by atoms with van der Waals surface area (Å²) in [5.74, 6) is 0.672. The van der Waals surface area contributed by atoms with E-state index in [1.165, 1.54) is 12.8 Å². The predicted molar refractivity (Wildman–Crippen MR) is 63.4 cm³/mol. The molecular weight excluding hydrogens is 208 g/mol. The lowest BCUT2D eigenvalue weighted by molar-refractivity contribution is 0.0231. The third-order valence-corrected chi connectivity index (χ3v) is 2.34. The molecular formula is C12H26O4. The first-order chi connectivity index (χ1) is 7.61. The van der Waals surface area contributed by atoms with E-state index in [0.717, 1.165) is 0 Å². The van der Waals surface area contributed by atoms with Crippen LogP contribution in [0.5, 0.6) is 0 Å². The van der Waals surface area contributed by atoms with E-state index in [0.29, 0.717) is 31.3 Å². The quantitative estimate of drug-likeness (QED) is 0.650. The Morgan fingerprint density at radius 2 is 1.56 bits per heavy atom. The van der Waals surface area contributed by atoms with Gasteiger partial charge in [0.05, 0.1) is 38.6 Å². The maximum atomic E-state index is 8.09. The highest BCUT2D eigenvalue weighted by atomic mass is 16.5. The lowest BCUT2D eigenvalue weighted by Crippen LogP contribution is -2.16. The molecule has 0 aromatic carbocycles. The minimum atomic E-state index is 0.0278. The van der Waals surface area contributed by atoms with Crippen molar-refractivity contribution in [1.82, 2.24) is 0 Å². The van der Waals surface area contributed by atoms with Gasteiger partial charge in [-0.1, -0.05) is 13.8 Å². The first-order valence-corrected chi connectivity index (χ1v) is 6.06. The van der Waals surface area contributed by atoms with E-state index in [2.05, 4.69) is 25.5 Å². The van der Waals surface area contributed by atoms with Gasteiger partial charge in [0.25, 0.3) is 0 Å². The fourth-order valence-electron chi connectivity index (χ4n) is 0.896. The van der Waals surface area contributed by atoms with Crippen molar-refractivity contribution in [1.29, 1.82) is 0 Å². The number of rotatable bonds is 7. The maximum Gasteiger partial charge on any atom is 0.0698 e. The van der Waals surface area contributed by atoms with Crippen LogP contribution in [0.15, 0.2) is 0 Å². The number of hydrogen-bond donors (Lipinski definition) is 2. The Bertz CT molecular complexity index is 142. The van der Waals surface area contributed by atoms with E-state index in [9.17, 15) is 0 Å². The lowest BCUT2D eigenvalue weighted by atomic mass is 10.1. The van der Waals surface area contributed by atoms with Crippen molar-refractivity contribution in [2.75, 3.05) is 26.4 Å². The first-order valence-electron chi connectivity index (χ1n) is 6.06.